The lowest BCUT2D eigenvalue weighted by molar-refractivity contribution is 0.209. The Hall–Kier alpha value is -1.32. The molecule has 0 heterocycles. The minimum Gasteiger partial charge on any atom is -0.471 e. The summed E-state index contributed by atoms with van der Waals surface area (Å²) in [6.07, 6.45) is 0. The summed E-state index contributed by atoms with van der Waals surface area (Å²) in [6, 6.07) is 7.65. The average molecular weight is 203 g/mol. The molecule has 0 aliphatic carbocycles. The molecule has 1 unspecified atom stereocenters. The number of carbonyl (C=O) groups is 1. The van der Waals surface area contributed by atoms with Crippen LogP contribution in [0.25, 0.3) is 0 Å². The molecule has 0 amide bonds. The first kappa shape index (κ1) is 8.29. The largest absolute Gasteiger partial charge is 0.485 e. The van der Waals surface area contributed by atoms with Gasteiger partial charge in [0.2, 0.25) is 1.43 Å². The third-order valence-electron chi connectivity index (χ3n) is 1.20. The Labute approximate surface area is 75.6 Å². The first-order valence-corrected chi connectivity index (χ1v) is 4.86. The second kappa shape index (κ2) is 3.60. The maximum Gasteiger partial charge on any atom is 0.485 e. The predicted molar refractivity (Wildman–Crippen MR) is 44.9 cm³/mol. The molecule has 0 saturated heterocycles. The summed E-state index contributed by atoms with van der Waals surface area (Å²) in [5.74, 6) is 0.0745. The molecule has 1 aromatic carbocycles. The molecule has 0 fully saturated rings. The van der Waals surface area contributed by atoms with Crippen molar-refractivity contribution in [1.82, 2.24) is 0 Å². The Morgan fingerprint density at radius 2 is 2.08 bits per heavy atom. The van der Waals surface area contributed by atoms with Gasteiger partial charge in [-0.05, 0) is 12.1 Å². The van der Waals surface area contributed by atoms with Crippen molar-refractivity contribution < 1.29 is 23.9 Å². The lowest BCUT2D eigenvalue weighted by atomic mass is 10.3. The Bertz CT molecular complexity index is 366. The minimum atomic E-state index is -4.41. The highest BCUT2D eigenvalue weighted by molar-refractivity contribution is 7.70. The molecule has 1 aromatic rings. The fraction of sp³-hybridized carbons (Fsp3) is 0. The van der Waals surface area contributed by atoms with Crippen molar-refractivity contribution in [2.24, 2.45) is 0 Å². The third-order valence-corrected chi connectivity index (χ3v) is 2.12. The van der Waals surface area contributed by atoms with E-state index in [1.165, 1.54) is 12.1 Å². The zero-order valence-electron chi connectivity index (χ0n) is 7.41. The lowest BCUT2D eigenvalue weighted by Crippen LogP contribution is -2.01. The van der Waals surface area contributed by atoms with E-state index in [4.69, 9.17) is 6.54 Å². The predicted octanol–water partition coefficient (Wildman–Crippen LogP) is 1.93. The minimum absolute atomic E-state index is 0.0745. The number of carboxylic acid groups (broad SMARTS) is 1. The van der Waals surface area contributed by atoms with Gasteiger partial charge < -0.3 is 14.5 Å². The van der Waals surface area contributed by atoms with Crippen LogP contribution < -0.4 is 4.52 Å². The van der Waals surface area contributed by atoms with Crippen LogP contribution in [0.15, 0.2) is 30.3 Å². The van der Waals surface area contributed by atoms with Crippen molar-refractivity contribution in [3.8, 4) is 5.75 Å². The quantitative estimate of drug-likeness (QED) is 0.730. The number of rotatable bonds is 4. The number of benzene rings is 1. The van der Waals surface area contributed by atoms with Crippen molar-refractivity contribution in [2.75, 3.05) is 0 Å². The van der Waals surface area contributed by atoms with Crippen molar-refractivity contribution in [3.05, 3.63) is 30.3 Å². The van der Waals surface area contributed by atoms with Gasteiger partial charge in [0.05, 0.1) is 0 Å². The van der Waals surface area contributed by atoms with Crippen LogP contribution in [0.1, 0.15) is 0 Å². The monoisotopic (exact) mass is 203 g/mol. The molecule has 6 heteroatoms. The molecular weight excluding hydrogens is 195 g/mol. The van der Waals surface area contributed by atoms with E-state index in [-0.39, 0.29) is 5.75 Å². The maximum absolute atomic E-state index is 11.2. The molecule has 1 rings (SSSR count). The Morgan fingerprint density at radius 3 is 2.54 bits per heavy atom. The SMILES string of the molecule is [2H]OP(=O)(Oc1ccccc1)C(=O)O. The van der Waals surface area contributed by atoms with Gasteiger partial charge in [-0.1, -0.05) is 18.2 Å². The van der Waals surface area contributed by atoms with E-state index >= 15 is 0 Å². The Kier molecular flexibility index (Phi) is 2.29. The van der Waals surface area contributed by atoms with Gasteiger partial charge in [-0.3, -0.25) is 0 Å². The summed E-state index contributed by atoms with van der Waals surface area (Å²) in [7, 11) is -4.41. The molecule has 2 N–H and O–H groups in total. The molecule has 0 spiro atoms. The van der Waals surface area contributed by atoms with Gasteiger partial charge in [0.15, 0.2) is 0 Å². The van der Waals surface area contributed by atoms with E-state index in [1.807, 2.05) is 0 Å². The standard InChI is InChI=1S/C7H7O5P/c8-7(9)13(10,11)12-6-4-2-1-3-5-6/h1-5H,(H,8,9)(H,10,11)/i/hD. The summed E-state index contributed by atoms with van der Waals surface area (Å²) in [4.78, 5) is 14.0. The van der Waals surface area contributed by atoms with Crippen molar-refractivity contribution in [3.63, 3.8) is 0 Å². The summed E-state index contributed by atoms with van der Waals surface area (Å²) >= 11 is 0. The second-order valence-electron chi connectivity index (χ2n) is 2.18. The lowest BCUT2D eigenvalue weighted by Gasteiger charge is -2.07. The average Bonchev–Trinajstić information content (AvgIpc) is 2.19. The highest BCUT2D eigenvalue weighted by Gasteiger charge is 2.31. The van der Waals surface area contributed by atoms with Gasteiger partial charge in [0.25, 0.3) is 0 Å². The number of para-hydroxylation sites is 1. The molecule has 5 nitrogen and oxygen atoms in total. The Balaban J connectivity index is 2.87. The number of hydrogen-bond donors (Lipinski definition) is 2. The summed E-state index contributed by atoms with van der Waals surface area (Å²) in [5, 5.41) is 8.46. The molecule has 13 heavy (non-hydrogen) atoms. The van der Waals surface area contributed by atoms with Crippen LogP contribution in [-0.2, 0) is 4.57 Å². The van der Waals surface area contributed by atoms with Gasteiger partial charge in [0, 0.05) is 0 Å². The summed E-state index contributed by atoms with van der Waals surface area (Å²) < 4.78 is 22.1. The van der Waals surface area contributed by atoms with Crippen LogP contribution >= 0.6 is 7.60 Å². The summed E-state index contributed by atoms with van der Waals surface area (Å²) in [5.41, 5.74) is -1.80. The topological polar surface area (TPSA) is 83.8 Å². The summed E-state index contributed by atoms with van der Waals surface area (Å²) in [6.45, 7) is 0. The van der Waals surface area contributed by atoms with E-state index in [9.17, 15) is 9.36 Å². The van der Waals surface area contributed by atoms with Crippen LogP contribution in [0.3, 0.4) is 0 Å². The second-order valence-corrected chi connectivity index (χ2v) is 3.74. The maximum atomic E-state index is 11.2. The van der Waals surface area contributed by atoms with Crippen molar-refractivity contribution in [1.29, 1.82) is 1.43 Å². The molecule has 1 atom stereocenters. The van der Waals surface area contributed by atoms with E-state index in [0.29, 0.717) is 0 Å². The van der Waals surface area contributed by atoms with Crippen molar-refractivity contribution >= 4 is 13.3 Å². The highest BCUT2D eigenvalue weighted by Crippen LogP contribution is 2.42. The fourth-order valence-electron chi connectivity index (χ4n) is 0.659. The van der Waals surface area contributed by atoms with E-state index in [1.54, 1.807) is 18.2 Å². The van der Waals surface area contributed by atoms with Gasteiger partial charge >= 0.3 is 13.3 Å². The van der Waals surface area contributed by atoms with Gasteiger partial charge in [-0.25, -0.2) is 9.36 Å². The normalized spacial score (nSPS) is 15.5. The molecule has 70 valence electrons. The molecule has 0 bridgehead atoms. The molecule has 0 aromatic heterocycles. The molecule has 0 radical (unpaired) electrons. The van der Waals surface area contributed by atoms with Crippen LogP contribution in [0, 0.1) is 0 Å². The zero-order valence-corrected chi connectivity index (χ0v) is 7.31. The van der Waals surface area contributed by atoms with Gasteiger partial charge in [0.1, 0.15) is 5.75 Å². The van der Waals surface area contributed by atoms with Crippen LogP contribution in [0.4, 0.5) is 4.79 Å². The van der Waals surface area contributed by atoms with Crippen LogP contribution in [0.2, 0.25) is 0 Å². The zero-order chi connectivity index (χ0) is 10.6. The number of hydrogen-bond acceptors (Lipinski definition) is 4. The fourth-order valence-corrected chi connectivity index (χ4v) is 1.14. The van der Waals surface area contributed by atoms with Gasteiger partial charge in [-0.2, -0.15) is 0 Å². The molecule has 0 saturated carbocycles. The first-order chi connectivity index (χ1) is 6.58. The van der Waals surface area contributed by atoms with Crippen molar-refractivity contribution in [2.45, 2.75) is 0 Å². The third kappa shape index (κ3) is 2.57. The van der Waals surface area contributed by atoms with E-state index < -0.39 is 13.3 Å². The Morgan fingerprint density at radius 1 is 1.46 bits per heavy atom. The van der Waals surface area contributed by atoms with Crippen LogP contribution in [0.5, 0.6) is 5.75 Å². The highest BCUT2D eigenvalue weighted by atomic mass is 31.2. The molecular formula is C7H7O5P. The smallest absolute Gasteiger partial charge is 0.471 e. The van der Waals surface area contributed by atoms with E-state index in [2.05, 4.69) is 9.42 Å². The first-order valence-electron chi connectivity index (χ1n) is 3.72. The molecule has 0 aliphatic rings. The van der Waals surface area contributed by atoms with Gasteiger partial charge in [-0.15, -0.1) is 0 Å². The van der Waals surface area contributed by atoms with Crippen LogP contribution in [-0.4, -0.2) is 17.1 Å². The van der Waals surface area contributed by atoms with E-state index in [0.717, 1.165) is 0 Å². The molecule has 0 aliphatic heterocycles.